The molecule has 3 N–H and O–H groups in total. The van der Waals surface area contributed by atoms with E-state index >= 15 is 0 Å². The fraction of sp³-hybridized carbons (Fsp3) is 0.385. The molecular formula is C13H16N2O3. The summed E-state index contributed by atoms with van der Waals surface area (Å²) < 4.78 is 0. The Kier molecular flexibility index (Phi) is 3.23. The summed E-state index contributed by atoms with van der Waals surface area (Å²) in [5.41, 5.74) is 6.37. The first-order chi connectivity index (χ1) is 8.56. The van der Waals surface area contributed by atoms with E-state index in [-0.39, 0.29) is 18.2 Å². The van der Waals surface area contributed by atoms with Crippen LogP contribution in [0, 0.1) is 0 Å². The Morgan fingerprint density at radius 1 is 1.56 bits per heavy atom. The number of fused-ring (bicyclic) bond motifs is 1. The molecule has 0 spiro atoms. The largest absolute Gasteiger partial charge is 0.508 e. The minimum atomic E-state index is -0.603. The number of carbonyl (C=O) groups excluding carboxylic acids is 2. The number of nitrogens with two attached hydrogens (primary N) is 1. The van der Waals surface area contributed by atoms with Gasteiger partial charge in [-0.15, -0.1) is 0 Å². The maximum absolute atomic E-state index is 12.2. The Morgan fingerprint density at radius 3 is 2.83 bits per heavy atom. The van der Waals surface area contributed by atoms with Crippen molar-refractivity contribution >= 4 is 11.8 Å². The average Bonchev–Trinajstić information content (AvgIpc) is 2.65. The third-order valence-electron chi connectivity index (χ3n) is 3.24. The van der Waals surface area contributed by atoms with Crippen LogP contribution in [0.3, 0.4) is 0 Å². The minimum Gasteiger partial charge on any atom is -0.508 e. The van der Waals surface area contributed by atoms with Crippen LogP contribution in [0.5, 0.6) is 5.75 Å². The number of aromatic hydroxyl groups is 1. The van der Waals surface area contributed by atoms with E-state index in [0.29, 0.717) is 17.5 Å². The van der Waals surface area contributed by atoms with Crippen molar-refractivity contribution in [1.29, 1.82) is 0 Å². The zero-order valence-electron chi connectivity index (χ0n) is 10.2. The molecule has 0 aromatic heterocycles. The van der Waals surface area contributed by atoms with Crippen molar-refractivity contribution < 1.29 is 14.7 Å². The zero-order valence-corrected chi connectivity index (χ0v) is 10.2. The number of amides is 2. The topological polar surface area (TPSA) is 83.6 Å². The van der Waals surface area contributed by atoms with Gasteiger partial charge in [-0.3, -0.25) is 9.59 Å². The van der Waals surface area contributed by atoms with Gasteiger partial charge in [0.15, 0.2) is 0 Å². The highest BCUT2D eigenvalue weighted by molar-refractivity contribution is 6.01. The molecule has 1 aliphatic heterocycles. The van der Waals surface area contributed by atoms with Crippen molar-refractivity contribution in [3.8, 4) is 5.75 Å². The molecule has 1 unspecified atom stereocenters. The first-order valence-electron chi connectivity index (χ1n) is 5.97. The lowest BCUT2D eigenvalue weighted by atomic mass is 10.1. The molecule has 1 aromatic rings. The normalized spacial score (nSPS) is 15.6. The van der Waals surface area contributed by atoms with Crippen LogP contribution in [0.15, 0.2) is 18.2 Å². The van der Waals surface area contributed by atoms with Gasteiger partial charge >= 0.3 is 0 Å². The quantitative estimate of drug-likeness (QED) is 0.833. The summed E-state index contributed by atoms with van der Waals surface area (Å²) in [6.45, 7) is 2.18. The average molecular weight is 248 g/mol. The molecule has 5 nitrogen and oxygen atoms in total. The van der Waals surface area contributed by atoms with E-state index in [1.54, 1.807) is 12.1 Å². The summed E-state index contributed by atoms with van der Waals surface area (Å²) in [6, 6.07) is 4.21. The lowest BCUT2D eigenvalue weighted by Gasteiger charge is -2.24. The molecule has 18 heavy (non-hydrogen) atoms. The Labute approximate surface area is 105 Å². The van der Waals surface area contributed by atoms with Gasteiger partial charge in [-0.25, -0.2) is 0 Å². The van der Waals surface area contributed by atoms with Crippen molar-refractivity contribution in [2.75, 3.05) is 0 Å². The van der Waals surface area contributed by atoms with Crippen LogP contribution in [0.4, 0.5) is 0 Å². The van der Waals surface area contributed by atoms with Crippen molar-refractivity contribution in [3.63, 3.8) is 0 Å². The molecule has 0 saturated heterocycles. The van der Waals surface area contributed by atoms with Crippen LogP contribution < -0.4 is 5.73 Å². The van der Waals surface area contributed by atoms with Crippen LogP contribution in [-0.4, -0.2) is 27.9 Å². The Balaban J connectivity index is 2.33. The van der Waals surface area contributed by atoms with Crippen LogP contribution in [-0.2, 0) is 11.3 Å². The summed E-state index contributed by atoms with van der Waals surface area (Å²) in [5, 5.41) is 9.72. The molecule has 1 heterocycles. The van der Waals surface area contributed by atoms with E-state index in [0.717, 1.165) is 6.42 Å². The number of hydrogen-bond acceptors (Lipinski definition) is 3. The second-order valence-electron chi connectivity index (χ2n) is 4.44. The van der Waals surface area contributed by atoms with Crippen molar-refractivity contribution in [3.05, 3.63) is 29.3 Å². The summed E-state index contributed by atoms with van der Waals surface area (Å²) >= 11 is 0. The van der Waals surface area contributed by atoms with E-state index in [9.17, 15) is 14.7 Å². The lowest BCUT2D eigenvalue weighted by Crippen LogP contribution is -2.44. The summed E-state index contributed by atoms with van der Waals surface area (Å²) in [7, 11) is 0. The molecule has 5 heteroatoms. The predicted molar refractivity (Wildman–Crippen MR) is 65.9 cm³/mol. The maximum atomic E-state index is 12.2. The van der Waals surface area contributed by atoms with Crippen molar-refractivity contribution in [2.45, 2.75) is 32.4 Å². The molecule has 0 radical (unpaired) electrons. The number of phenolic OH excluding ortho intramolecular Hbond substituents is 1. The third-order valence-corrected chi connectivity index (χ3v) is 3.24. The smallest absolute Gasteiger partial charge is 0.255 e. The fourth-order valence-electron chi connectivity index (χ4n) is 2.31. The van der Waals surface area contributed by atoms with Gasteiger partial charge in [0.1, 0.15) is 11.8 Å². The standard InChI is InChI=1S/C13H16N2O3/c1-2-4-10(12(14)17)15-7-9-8(13(15)18)5-3-6-11(9)16/h3,5-6,10,16H,2,4,7H2,1H3,(H2,14,17). The SMILES string of the molecule is CCCC(C(N)=O)N1Cc2c(O)cccc2C1=O. The first kappa shape index (κ1) is 12.4. The van der Waals surface area contributed by atoms with Gasteiger partial charge in [0.2, 0.25) is 5.91 Å². The number of benzene rings is 1. The highest BCUT2D eigenvalue weighted by Gasteiger charge is 2.36. The molecule has 0 saturated carbocycles. The van der Waals surface area contributed by atoms with Crippen molar-refractivity contribution in [1.82, 2.24) is 4.90 Å². The van der Waals surface area contributed by atoms with E-state index in [1.165, 1.54) is 11.0 Å². The molecule has 2 amide bonds. The highest BCUT2D eigenvalue weighted by Crippen LogP contribution is 2.31. The summed E-state index contributed by atoms with van der Waals surface area (Å²) in [5.74, 6) is -0.654. The summed E-state index contributed by atoms with van der Waals surface area (Å²) in [6.07, 6.45) is 1.30. The molecule has 1 aromatic carbocycles. The number of primary amides is 1. The second kappa shape index (κ2) is 4.68. The van der Waals surface area contributed by atoms with Gasteiger partial charge in [-0.05, 0) is 18.6 Å². The fourth-order valence-corrected chi connectivity index (χ4v) is 2.31. The van der Waals surface area contributed by atoms with Crippen molar-refractivity contribution in [2.24, 2.45) is 5.73 Å². The molecule has 1 aliphatic rings. The Morgan fingerprint density at radius 2 is 2.28 bits per heavy atom. The van der Waals surface area contributed by atoms with E-state index in [2.05, 4.69) is 0 Å². The Bertz CT molecular complexity index is 499. The van der Waals surface area contributed by atoms with Crippen LogP contribution >= 0.6 is 0 Å². The third kappa shape index (κ3) is 1.92. The molecule has 96 valence electrons. The second-order valence-corrected chi connectivity index (χ2v) is 4.44. The van der Waals surface area contributed by atoms with Gasteiger partial charge in [0.05, 0.1) is 6.54 Å². The van der Waals surface area contributed by atoms with Gasteiger partial charge in [0.25, 0.3) is 5.91 Å². The van der Waals surface area contributed by atoms with Gasteiger partial charge in [0, 0.05) is 11.1 Å². The maximum Gasteiger partial charge on any atom is 0.255 e. The number of phenols is 1. The van der Waals surface area contributed by atoms with E-state index in [1.807, 2.05) is 6.92 Å². The van der Waals surface area contributed by atoms with E-state index < -0.39 is 11.9 Å². The zero-order chi connectivity index (χ0) is 13.3. The molecular weight excluding hydrogens is 232 g/mol. The predicted octanol–water partition coefficient (Wildman–Crippen LogP) is 1.00. The summed E-state index contributed by atoms with van der Waals surface area (Å²) in [4.78, 5) is 25.0. The van der Waals surface area contributed by atoms with Crippen LogP contribution in [0.2, 0.25) is 0 Å². The molecule has 0 bridgehead atoms. The van der Waals surface area contributed by atoms with Crippen LogP contribution in [0.1, 0.15) is 35.7 Å². The Hall–Kier alpha value is -2.04. The minimum absolute atomic E-state index is 0.0862. The number of rotatable bonds is 4. The molecule has 1 atom stereocenters. The highest BCUT2D eigenvalue weighted by atomic mass is 16.3. The van der Waals surface area contributed by atoms with Crippen LogP contribution in [0.25, 0.3) is 0 Å². The molecule has 2 rings (SSSR count). The molecule has 0 fully saturated rings. The number of nitrogens with zero attached hydrogens (tertiary/aromatic N) is 1. The first-order valence-corrected chi connectivity index (χ1v) is 5.97. The van der Waals surface area contributed by atoms with Gasteiger partial charge < -0.3 is 15.7 Å². The van der Waals surface area contributed by atoms with Gasteiger partial charge in [-0.2, -0.15) is 0 Å². The van der Waals surface area contributed by atoms with E-state index in [4.69, 9.17) is 5.73 Å². The number of carbonyl (C=O) groups is 2. The lowest BCUT2D eigenvalue weighted by molar-refractivity contribution is -0.122. The monoisotopic (exact) mass is 248 g/mol. The van der Waals surface area contributed by atoms with Gasteiger partial charge in [-0.1, -0.05) is 19.4 Å². The molecule has 0 aliphatic carbocycles. The number of hydrogen-bond donors (Lipinski definition) is 2.